The van der Waals surface area contributed by atoms with E-state index in [1.807, 2.05) is 13.0 Å². The van der Waals surface area contributed by atoms with E-state index in [4.69, 9.17) is 9.84 Å². The zero-order valence-corrected chi connectivity index (χ0v) is 12.1. The van der Waals surface area contributed by atoms with E-state index in [1.54, 1.807) is 12.1 Å². The minimum absolute atomic E-state index is 0.00689. The molecule has 0 aromatic carbocycles. The van der Waals surface area contributed by atoms with Crippen molar-refractivity contribution in [2.45, 2.75) is 32.3 Å². The van der Waals surface area contributed by atoms with Crippen LogP contribution in [0.5, 0.6) is 0 Å². The molecule has 1 aromatic rings. The van der Waals surface area contributed by atoms with E-state index in [9.17, 15) is 9.59 Å². The molecule has 2 heterocycles. The molecule has 114 valence electrons. The first-order valence-electron chi connectivity index (χ1n) is 7.12. The number of carboxylic acid groups (broad SMARTS) is 1. The van der Waals surface area contributed by atoms with Gasteiger partial charge in [-0.2, -0.15) is 0 Å². The molecule has 0 spiro atoms. The summed E-state index contributed by atoms with van der Waals surface area (Å²) in [5.41, 5.74) is 1.11. The molecular formula is C15H20N2O4. The molecule has 0 aliphatic carbocycles. The number of aliphatic carboxylic acids is 1. The van der Waals surface area contributed by atoms with Crippen LogP contribution in [-0.2, 0) is 9.53 Å². The van der Waals surface area contributed by atoms with E-state index in [1.165, 1.54) is 4.90 Å². The quantitative estimate of drug-likeness (QED) is 0.859. The van der Waals surface area contributed by atoms with Crippen molar-refractivity contribution in [3.63, 3.8) is 0 Å². The highest BCUT2D eigenvalue weighted by Gasteiger charge is 2.24. The van der Waals surface area contributed by atoms with E-state index in [2.05, 4.69) is 4.98 Å². The van der Waals surface area contributed by atoms with Gasteiger partial charge in [-0.15, -0.1) is 0 Å². The predicted molar refractivity (Wildman–Crippen MR) is 76.1 cm³/mol. The van der Waals surface area contributed by atoms with Gasteiger partial charge in [0.1, 0.15) is 5.69 Å². The zero-order chi connectivity index (χ0) is 15.2. The van der Waals surface area contributed by atoms with Crippen molar-refractivity contribution in [2.75, 3.05) is 19.7 Å². The molecule has 0 bridgehead atoms. The second-order valence-electron chi connectivity index (χ2n) is 5.19. The third kappa shape index (κ3) is 4.53. The Morgan fingerprint density at radius 1 is 1.48 bits per heavy atom. The number of nitrogens with zero attached hydrogens (tertiary/aromatic N) is 2. The molecule has 0 radical (unpaired) electrons. The van der Waals surface area contributed by atoms with Gasteiger partial charge in [0.2, 0.25) is 0 Å². The van der Waals surface area contributed by atoms with Crippen LogP contribution in [0.25, 0.3) is 0 Å². The van der Waals surface area contributed by atoms with Crippen molar-refractivity contribution >= 4 is 11.9 Å². The summed E-state index contributed by atoms with van der Waals surface area (Å²) in [5, 5.41) is 8.83. The van der Waals surface area contributed by atoms with Gasteiger partial charge >= 0.3 is 5.97 Å². The van der Waals surface area contributed by atoms with Crippen LogP contribution in [0.15, 0.2) is 18.2 Å². The lowest BCUT2D eigenvalue weighted by molar-refractivity contribution is -0.137. The van der Waals surface area contributed by atoms with Gasteiger partial charge in [0, 0.05) is 25.4 Å². The summed E-state index contributed by atoms with van der Waals surface area (Å²) >= 11 is 0. The lowest BCUT2D eigenvalue weighted by atomic mass is 10.2. The van der Waals surface area contributed by atoms with Crippen LogP contribution in [0.2, 0.25) is 0 Å². The van der Waals surface area contributed by atoms with E-state index in [0.717, 1.165) is 18.5 Å². The molecule has 1 atom stereocenters. The molecule has 1 aromatic heterocycles. The maximum absolute atomic E-state index is 12.5. The van der Waals surface area contributed by atoms with Crippen LogP contribution in [0, 0.1) is 6.92 Å². The Bertz CT molecular complexity index is 512. The fourth-order valence-corrected chi connectivity index (χ4v) is 2.36. The number of aryl methyl sites for hydroxylation is 1. The summed E-state index contributed by atoms with van der Waals surface area (Å²) in [6.07, 6.45) is 1.80. The maximum Gasteiger partial charge on any atom is 0.305 e. The molecule has 2 rings (SSSR count). The van der Waals surface area contributed by atoms with Crippen LogP contribution < -0.4 is 0 Å². The van der Waals surface area contributed by atoms with Crippen LogP contribution in [0.1, 0.15) is 35.4 Å². The highest BCUT2D eigenvalue weighted by atomic mass is 16.5. The van der Waals surface area contributed by atoms with Crippen LogP contribution >= 0.6 is 0 Å². The number of carbonyl (C=O) groups excluding carboxylic acids is 1. The average Bonchev–Trinajstić information content (AvgIpc) is 2.95. The summed E-state index contributed by atoms with van der Waals surface area (Å²) in [6, 6.07) is 5.24. The number of carbonyl (C=O) groups is 2. The van der Waals surface area contributed by atoms with Gasteiger partial charge in [-0.1, -0.05) is 6.07 Å². The van der Waals surface area contributed by atoms with Gasteiger partial charge in [-0.05, 0) is 31.9 Å². The summed E-state index contributed by atoms with van der Waals surface area (Å²) in [4.78, 5) is 29.0. The summed E-state index contributed by atoms with van der Waals surface area (Å²) < 4.78 is 5.54. The molecule has 6 heteroatoms. The average molecular weight is 292 g/mol. The standard InChI is InChI=1S/C15H20N2O4/c1-11-4-2-6-13(16-11)15(20)17(8-7-14(18)19)10-12-5-3-9-21-12/h2,4,6,12H,3,5,7-10H2,1H3,(H,18,19)/t12-/m1/s1. The molecule has 0 unspecified atom stereocenters. The minimum atomic E-state index is -0.919. The van der Waals surface area contributed by atoms with Gasteiger partial charge in [-0.3, -0.25) is 9.59 Å². The SMILES string of the molecule is Cc1cccc(C(=O)N(CCC(=O)O)C[C@H]2CCCO2)n1. The van der Waals surface area contributed by atoms with E-state index in [0.29, 0.717) is 18.8 Å². The van der Waals surface area contributed by atoms with Crippen LogP contribution in [0.4, 0.5) is 0 Å². The van der Waals surface area contributed by atoms with Crippen LogP contribution in [0.3, 0.4) is 0 Å². The first kappa shape index (κ1) is 15.4. The normalized spacial score (nSPS) is 17.7. The van der Waals surface area contributed by atoms with Crippen molar-refractivity contribution in [2.24, 2.45) is 0 Å². The number of hydrogen-bond acceptors (Lipinski definition) is 4. The van der Waals surface area contributed by atoms with Crippen molar-refractivity contribution in [3.05, 3.63) is 29.6 Å². The fourth-order valence-electron chi connectivity index (χ4n) is 2.36. The Labute approximate surface area is 123 Å². The number of pyridine rings is 1. The molecule has 1 saturated heterocycles. The molecule has 1 aliphatic heterocycles. The second kappa shape index (κ2) is 7.17. The van der Waals surface area contributed by atoms with E-state index >= 15 is 0 Å². The first-order chi connectivity index (χ1) is 10.1. The Kier molecular flexibility index (Phi) is 5.27. The third-order valence-electron chi connectivity index (χ3n) is 3.44. The monoisotopic (exact) mass is 292 g/mol. The van der Waals surface area contributed by atoms with E-state index < -0.39 is 5.97 Å². The number of aromatic nitrogens is 1. The maximum atomic E-state index is 12.5. The van der Waals surface area contributed by atoms with Crippen molar-refractivity contribution in [1.29, 1.82) is 0 Å². The third-order valence-corrected chi connectivity index (χ3v) is 3.44. The minimum Gasteiger partial charge on any atom is -0.481 e. The lowest BCUT2D eigenvalue weighted by Gasteiger charge is -2.24. The summed E-state index contributed by atoms with van der Waals surface area (Å²) in [6.45, 7) is 3.11. The summed E-state index contributed by atoms with van der Waals surface area (Å²) in [5.74, 6) is -1.16. The Morgan fingerprint density at radius 2 is 2.29 bits per heavy atom. The molecule has 21 heavy (non-hydrogen) atoms. The smallest absolute Gasteiger partial charge is 0.305 e. The molecule has 1 aliphatic rings. The van der Waals surface area contributed by atoms with Gasteiger partial charge in [-0.25, -0.2) is 4.98 Å². The Balaban J connectivity index is 2.08. The lowest BCUT2D eigenvalue weighted by Crippen LogP contribution is -2.39. The first-order valence-corrected chi connectivity index (χ1v) is 7.12. The number of hydrogen-bond donors (Lipinski definition) is 1. The number of amides is 1. The van der Waals surface area contributed by atoms with Crippen molar-refractivity contribution < 1.29 is 19.4 Å². The molecule has 1 amide bonds. The topological polar surface area (TPSA) is 79.7 Å². The van der Waals surface area contributed by atoms with Gasteiger partial charge in [0.15, 0.2) is 0 Å². The largest absolute Gasteiger partial charge is 0.481 e. The number of carboxylic acids is 1. The Morgan fingerprint density at radius 3 is 2.90 bits per heavy atom. The molecular weight excluding hydrogens is 272 g/mol. The molecule has 6 nitrogen and oxygen atoms in total. The number of rotatable bonds is 6. The Hall–Kier alpha value is -1.95. The van der Waals surface area contributed by atoms with Crippen LogP contribution in [-0.4, -0.2) is 52.7 Å². The van der Waals surface area contributed by atoms with Gasteiger partial charge in [0.05, 0.1) is 12.5 Å². The van der Waals surface area contributed by atoms with Crippen molar-refractivity contribution in [3.8, 4) is 0 Å². The fraction of sp³-hybridized carbons (Fsp3) is 0.533. The van der Waals surface area contributed by atoms with Gasteiger partial charge in [0.25, 0.3) is 5.91 Å². The van der Waals surface area contributed by atoms with Gasteiger partial charge < -0.3 is 14.7 Å². The molecule has 0 saturated carbocycles. The molecule has 1 N–H and O–H groups in total. The number of ether oxygens (including phenoxy) is 1. The molecule has 1 fully saturated rings. The zero-order valence-electron chi connectivity index (χ0n) is 12.1. The van der Waals surface area contributed by atoms with E-state index in [-0.39, 0.29) is 25.0 Å². The predicted octanol–water partition coefficient (Wildman–Crippen LogP) is 1.49. The second-order valence-corrected chi connectivity index (χ2v) is 5.19. The highest BCUT2D eigenvalue weighted by molar-refractivity contribution is 5.92. The summed E-state index contributed by atoms with van der Waals surface area (Å²) in [7, 11) is 0. The highest BCUT2D eigenvalue weighted by Crippen LogP contribution is 2.15. The van der Waals surface area contributed by atoms with Crippen molar-refractivity contribution in [1.82, 2.24) is 9.88 Å².